The molecule has 2 aromatic heterocycles. The molecular formula is C53H87N10O4S+. The number of pyridine rings is 1. The number of para-hydroxylation sites is 1. The monoisotopic (exact) mass is 960 g/mol. The Morgan fingerprint density at radius 3 is 1.82 bits per heavy atom. The summed E-state index contributed by atoms with van der Waals surface area (Å²) in [5.74, 6) is 0.843. The summed E-state index contributed by atoms with van der Waals surface area (Å²) in [5, 5.41) is 0.907. The van der Waals surface area contributed by atoms with E-state index in [0.29, 0.717) is 49.6 Å². The first-order valence-corrected chi connectivity index (χ1v) is 29.1. The number of methoxy groups -OCH3 is 1. The van der Waals surface area contributed by atoms with Crippen LogP contribution in [-0.2, 0) is 21.3 Å². The maximum atomic E-state index is 12.1. The molecule has 68 heavy (non-hydrogen) atoms. The molecule has 1 saturated carbocycles. The average molecular weight is 960 g/mol. The Morgan fingerprint density at radius 2 is 1.26 bits per heavy atom. The van der Waals surface area contributed by atoms with E-state index in [0.717, 1.165) is 54.4 Å². The molecule has 10 rings (SSSR count). The highest BCUT2D eigenvalue weighted by Gasteiger charge is 2.29. The summed E-state index contributed by atoms with van der Waals surface area (Å²) in [5.41, 5.74) is 3.74. The predicted molar refractivity (Wildman–Crippen MR) is 277 cm³/mol. The number of ether oxygens (including phenoxy) is 2. The number of nitrogens with zero attached hydrogens (tertiary/aromatic N) is 8. The van der Waals surface area contributed by atoms with Gasteiger partial charge in [-0.25, -0.2) is 23.4 Å². The highest BCUT2D eigenvalue weighted by atomic mass is 32.2. The van der Waals surface area contributed by atoms with Crippen molar-refractivity contribution < 1.29 is 22.8 Å². The molecular weight excluding hydrogens is 873 g/mol. The number of likely N-dealkylation sites (tertiary alicyclic amines) is 5. The van der Waals surface area contributed by atoms with Gasteiger partial charge in [-0.1, -0.05) is 56.7 Å². The SMILES string of the molecule is C1CCC(N2CCCCC2)CC1.CC[NH+]1CCC(N2CCCCC2)CC1.COc1ncc(-c2nc(N3CCOCC3)nc3c(CN4CCC(N5CCCCC5)CC4)cccc23)cc1NS(C)(=O)=O. The van der Waals surface area contributed by atoms with Crippen LogP contribution >= 0.6 is 0 Å². The molecule has 1 aromatic carbocycles. The number of piperidine rings is 5. The van der Waals surface area contributed by atoms with Crippen molar-refractivity contribution in [2.75, 3.05) is 121 Å². The van der Waals surface area contributed by atoms with E-state index in [1.165, 1.54) is 182 Å². The summed E-state index contributed by atoms with van der Waals surface area (Å²) in [6.45, 7) is 20.2. The molecule has 3 aromatic rings. The van der Waals surface area contributed by atoms with E-state index in [-0.39, 0.29) is 11.6 Å². The van der Waals surface area contributed by atoms with Crippen LogP contribution in [0.4, 0.5) is 11.6 Å². The number of nitrogens with one attached hydrogen (secondary N) is 2. The number of hydrogen-bond donors (Lipinski definition) is 2. The Balaban J connectivity index is 0.000000193. The molecule has 2 N–H and O–H groups in total. The van der Waals surface area contributed by atoms with Crippen LogP contribution in [0.1, 0.15) is 128 Å². The molecule has 378 valence electrons. The van der Waals surface area contributed by atoms with Crippen LogP contribution in [0.3, 0.4) is 0 Å². The van der Waals surface area contributed by atoms with Crippen LogP contribution in [0.2, 0.25) is 0 Å². The Bertz CT molecular complexity index is 2070. The second-order valence-electron chi connectivity index (χ2n) is 20.9. The van der Waals surface area contributed by atoms with Gasteiger partial charge in [-0.2, -0.15) is 0 Å². The molecule has 8 heterocycles. The molecule has 0 spiro atoms. The van der Waals surface area contributed by atoms with Gasteiger partial charge >= 0.3 is 0 Å². The topological polar surface area (TPSA) is 124 Å². The molecule has 0 atom stereocenters. The normalized spacial score (nSPS) is 24.7. The van der Waals surface area contributed by atoms with Crippen molar-refractivity contribution >= 4 is 32.6 Å². The Hall–Kier alpha value is -3.18. The van der Waals surface area contributed by atoms with Gasteiger partial charge in [0.15, 0.2) is 0 Å². The highest BCUT2D eigenvalue weighted by molar-refractivity contribution is 7.92. The van der Waals surface area contributed by atoms with Crippen molar-refractivity contribution in [1.29, 1.82) is 0 Å². The molecule has 0 bridgehead atoms. The Kier molecular flexibility index (Phi) is 19.4. The number of morpholine rings is 1. The fourth-order valence-corrected chi connectivity index (χ4v) is 12.7. The zero-order valence-corrected chi connectivity index (χ0v) is 43.1. The number of anilines is 2. The first kappa shape index (κ1) is 51.2. The molecule has 7 aliphatic rings. The number of sulfonamides is 1. The van der Waals surface area contributed by atoms with Crippen molar-refractivity contribution in [1.82, 2.24) is 34.6 Å². The van der Waals surface area contributed by atoms with Gasteiger partial charge in [0.05, 0.1) is 57.4 Å². The molecule has 14 nitrogen and oxygen atoms in total. The van der Waals surface area contributed by atoms with Crippen molar-refractivity contribution in [2.24, 2.45) is 0 Å². The van der Waals surface area contributed by atoms with E-state index >= 15 is 0 Å². The minimum Gasteiger partial charge on any atom is -0.480 e. The van der Waals surface area contributed by atoms with Gasteiger partial charge in [0.25, 0.3) is 0 Å². The van der Waals surface area contributed by atoms with Gasteiger partial charge in [0.2, 0.25) is 21.9 Å². The van der Waals surface area contributed by atoms with Crippen LogP contribution in [0.5, 0.6) is 5.88 Å². The second-order valence-corrected chi connectivity index (χ2v) is 22.6. The summed E-state index contributed by atoms with van der Waals surface area (Å²) in [6.07, 6.45) is 28.3. The number of quaternary nitrogens is 1. The zero-order valence-electron chi connectivity index (χ0n) is 42.3. The van der Waals surface area contributed by atoms with Crippen LogP contribution in [0.25, 0.3) is 22.2 Å². The molecule has 6 saturated heterocycles. The van der Waals surface area contributed by atoms with Crippen molar-refractivity contribution in [3.63, 3.8) is 0 Å². The fraction of sp³-hybridized carbons (Fsp3) is 0.755. The lowest BCUT2D eigenvalue weighted by Gasteiger charge is -2.40. The Labute approximate surface area is 409 Å². The van der Waals surface area contributed by atoms with E-state index in [2.05, 4.69) is 53.3 Å². The van der Waals surface area contributed by atoms with Gasteiger partial charge in [0, 0.05) is 67.7 Å². The number of benzene rings is 1. The van der Waals surface area contributed by atoms with E-state index in [9.17, 15) is 8.42 Å². The van der Waals surface area contributed by atoms with Gasteiger partial charge in [-0.05, 0) is 135 Å². The highest BCUT2D eigenvalue weighted by Crippen LogP contribution is 2.35. The van der Waals surface area contributed by atoms with Crippen molar-refractivity contribution in [3.8, 4) is 17.1 Å². The Morgan fingerprint density at radius 1 is 0.706 bits per heavy atom. The van der Waals surface area contributed by atoms with Gasteiger partial charge in [-0.15, -0.1) is 0 Å². The lowest BCUT2D eigenvalue weighted by atomic mass is 9.93. The molecule has 1 aliphatic carbocycles. The number of rotatable bonds is 11. The molecule has 7 fully saturated rings. The minimum atomic E-state index is -3.54. The van der Waals surface area contributed by atoms with Crippen LogP contribution in [0, 0.1) is 0 Å². The van der Waals surface area contributed by atoms with Crippen LogP contribution in [0.15, 0.2) is 30.5 Å². The third kappa shape index (κ3) is 14.5. The van der Waals surface area contributed by atoms with Gasteiger partial charge in [0.1, 0.15) is 5.69 Å². The average Bonchev–Trinajstić information content (AvgIpc) is 3.40. The van der Waals surface area contributed by atoms with E-state index < -0.39 is 10.0 Å². The van der Waals surface area contributed by atoms with Gasteiger partial charge in [-0.3, -0.25) is 14.5 Å². The third-order valence-electron chi connectivity index (χ3n) is 16.1. The molecule has 0 unspecified atom stereocenters. The summed E-state index contributed by atoms with van der Waals surface area (Å²) in [6, 6.07) is 10.6. The van der Waals surface area contributed by atoms with Crippen LogP contribution in [-0.4, -0.2) is 173 Å². The van der Waals surface area contributed by atoms with Gasteiger partial charge < -0.3 is 29.1 Å². The number of hydrogen-bond acceptors (Lipinski definition) is 12. The van der Waals surface area contributed by atoms with Crippen LogP contribution < -0.4 is 19.3 Å². The fourth-order valence-electron chi connectivity index (χ4n) is 12.2. The first-order valence-electron chi connectivity index (χ1n) is 27.2. The van der Waals surface area contributed by atoms with E-state index in [1.54, 1.807) is 12.3 Å². The zero-order chi connectivity index (χ0) is 47.1. The predicted octanol–water partition coefficient (Wildman–Crippen LogP) is 6.70. The lowest BCUT2D eigenvalue weighted by molar-refractivity contribution is -0.903. The standard InChI is InChI=1S/C30H41N7O4S.C12H24N2.C11H21N/c1-40-29-26(34-42(2,38)39)19-23(20-31-29)28-25-8-6-7-22(27(25)32-30(33-28)37-15-17-41-18-16-37)21-35-13-9-24(10-14-35)36-11-4-3-5-12-36;1-2-13-10-6-12(7-11-13)14-8-4-3-5-9-14;1-3-7-11(8-4-1)12-9-5-2-6-10-12/h6-8,19-20,24,34H,3-5,9-18,21H2,1-2H3;12H,2-11H2,1H3;11H,1-10H2/p+1. The summed E-state index contributed by atoms with van der Waals surface area (Å²) >= 11 is 0. The largest absolute Gasteiger partial charge is 0.480 e. The molecule has 15 heteroatoms. The third-order valence-corrected chi connectivity index (χ3v) is 16.7. The number of fused-ring (bicyclic) bond motifs is 1. The smallest absolute Gasteiger partial charge is 0.238 e. The first-order chi connectivity index (χ1) is 33.2. The maximum Gasteiger partial charge on any atom is 0.238 e. The van der Waals surface area contributed by atoms with E-state index in [4.69, 9.17) is 19.4 Å². The second kappa shape index (κ2) is 25.8. The number of aromatic nitrogens is 3. The summed E-state index contributed by atoms with van der Waals surface area (Å²) < 4.78 is 37.6. The maximum absolute atomic E-state index is 12.1. The molecule has 0 amide bonds. The molecule has 0 radical (unpaired) electrons. The lowest BCUT2D eigenvalue weighted by Crippen LogP contribution is -3.13. The summed E-state index contributed by atoms with van der Waals surface area (Å²) in [4.78, 5) is 29.3. The minimum absolute atomic E-state index is 0.199. The molecule has 6 aliphatic heterocycles. The van der Waals surface area contributed by atoms with Crippen molar-refractivity contribution in [3.05, 3.63) is 36.0 Å². The van der Waals surface area contributed by atoms with E-state index in [1.807, 2.05) is 11.0 Å². The quantitative estimate of drug-likeness (QED) is 0.213. The summed E-state index contributed by atoms with van der Waals surface area (Å²) in [7, 11) is -2.08. The van der Waals surface area contributed by atoms with Crippen molar-refractivity contribution in [2.45, 2.75) is 147 Å².